The average Bonchev–Trinajstić information content (AvgIpc) is 3.27. The zero-order valence-electron chi connectivity index (χ0n) is 20.7. The van der Waals surface area contributed by atoms with E-state index in [1.807, 2.05) is 35.7 Å². The molecule has 2 aromatic carbocycles. The van der Waals surface area contributed by atoms with Crippen molar-refractivity contribution in [2.45, 2.75) is 33.6 Å². The largest absolute Gasteiger partial charge is 0.495 e. The normalized spacial score (nSPS) is 14.3. The van der Waals surface area contributed by atoms with Crippen molar-refractivity contribution < 1.29 is 9.53 Å². The summed E-state index contributed by atoms with van der Waals surface area (Å²) in [6, 6.07) is 18.1. The first kappa shape index (κ1) is 22.9. The number of fused-ring (bicyclic) bond motifs is 1. The van der Waals surface area contributed by atoms with Gasteiger partial charge in [-0.15, -0.1) is 0 Å². The van der Waals surface area contributed by atoms with Crippen LogP contribution in [-0.2, 0) is 4.79 Å². The highest BCUT2D eigenvalue weighted by Gasteiger charge is 2.27. The van der Waals surface area contributed by atoms with Crippen molar-refractivity contribution in [2.75, 3.05) is 30.4 Å². The second kappa shape index (κ2) is 9.41. The van der Waals surface area contributed by atoms with Crippen LogP contribution in [0.5, 0.6) is 5.75 Å². The fourth-order valence-electron chi connectivity index (χ4n) is 4.92. The SMILES string of the molecule is COc1ccccc1NC(=O)C1CCN(c2cc(C)nc3cc(-c4cc(C)cc(C)c4)nn23)CC1. The number of benzene rings is 2. The van der Waals surface area contributed by atoms with Crippen LogP contribution in [0.1, 0.15) is 29.7 Å². The molecule has 1 fully saturated rings. The van der Waals surface area contributed by atoms with Crippen LogP contribution in [-0.4, -0.2) is 40.7 Å². The molecule has 0 bridgehead atoms. The van der Waals surface area contributed by atoms with Crippen LogP contribution in [0.2, 0.25) is 0 Å². The van der Waals surface area contributed by atoms with E-state index in [4.69, 9.17) is 14.8 Å². The molecule has 1 N–H and O–H groups in total. The fourth-order valence-corrected chi connectivity index (χ4v) is 4.92. The van der Waals surface area contributed by atoms with Gasteiger partial charge in [-0.3, -0.25) is 4.79 Å². The summed E-state index contributed by atoms with van der Waals surface area (Å²) in [5.41, 5.74) is 6.96. The number of aromatic nitrogens is 3. The molecule has 7 heteroatoms. The lowest BCUT2D eigenvalue weighted by atomic mass is 9.95. The number of aryl methyl sites for hydroxylation is 3. The number of nitrogens with zero attached hydrogens (tertiary/aromatic N) is 4. The van der Waals surface area contributed by atoms with Crippen molar-refractivity contribution in [3.63, 3.8) is 0 Å². The van der Waals surface area contributed by atoms with Gasteiger partial charge < -0.3 is 15.0 Å². The molecule has 0 aliphatic carbocycles. The van der Waals surface area contributed by atoms with Crippen LogP contribution in [0.4, 0.5) is 11.5 Å². The van der Waals surface area contributed by atoms with Crippen molar-refractivity contribution >= 4 is 23.1 Å². The van der Waals surface area contributed by atoms with Crippen molar-refractivity contribution in [3.05, 3.63) is 71.4 Å². The van der Waals surface area contributed by atoms with E-state index >= 15 is 0 Å². The van der Waals surface area contributed by atoms with E-state index in [0.717, 1.165) is 54.3 Å². The lowest BCUT2D eigenvalue weighted by Gasteiger charge is -2.33. The van der Waals surface area contributed by atoms with Gasteiger partial charge in [0.2, 0.25) is 5.91 Å². The Labute approximate surface area is 205 Å². The summed E-state index contributed by atoms with van der Waals surface area (Å²) >= 11 is 0. The van der Waals surface area contributed by atoms with Crippen LogP contribution >= 0.6 is 0 Å². The Morgan fingerprint density at radius 3 is 2.43 bits per heavy atom. The smallest absolute Gasteiger partial charge is 0.227 e. The zero-order valence-corrected chi connectivity index (χ0v) is 20.7. The predicted molar refractivity (Wildman–Crippen MR) is 139 cm³/mol. The minimum absolute atomic E-state index is 0.0430. The molecular weight excluding hydrogens is 438 g/mol. The highest BCUT2D eigenvalue weighted by molar-refractivity contribution is 5.94. The van der Waals surface area contributed by atoms with Gasteiger partial charge in [0.15, 0.2) is 5.65 Å². The quantitative estimate of drug-likeness (QED) is 0.436. The molecule has 1 aliphatic heterocycles. The van der Waals surface area contributed by atoms with Gasteiger partial charge >= 0.3 is 0 Å². The Balaban J connectivity index is 1.35. The van der Waals surface area contributed by atoms with Crippen LogP contribution in [0.15, 0.2) is 54.6 Å². The number of nitrogens with one attached hydrogen (secondary N) is 1. The summed E-state index contributed by atoms with van der Waals surface area (Å²) in [4.78, 5) is 20.0. The maximum atomic E-state index is 12.9. The van der Waals surface area contributed by atoms with Crippen LogP contribution < -0.4 is 15.0 Å². The molecule has 2 aromatic heterocycles. The second-order valence-electron chi connectivity index (χ2n) is 9.38. The van der Waals surface area contributed by atoms with Gasteiger partial charge in [0.25, 0.3) is 0 Å². The first-order valence-corrected chi connectivity index (χ1v) is 12.1. The number of carbonyl (C=O) groups excluding carboxylic acids is 1. The standard InChI is InChI=1S/C28H31N5O2/c1-18-13-19(2)15-22(14-18)24-17-26-29-20(3)16-27(33(26)31-24)32-11-9-21(10-12-32)28(34)30-23-7-5-6-8-25(23)35-4/h5-8,13-17,21H,9-12H2,1-4H3,(H,30,34). The Hall–Kier alpha value is -3.87. The van der Waals surface area contributed by atoms with Crippen molar-refractivity contribution in [1.29, 1.82) is 0 Å². The monoisotopic (exact) mass is 469 g/mol. The van der Waals surface area contributed by atoms with Crippen molar-refractivity contribution in [1.82, 2.24) is 14.6 Å². The topological polar surface area (TPSA) is 71.8 Å². The fraction of sp³-hybridized carbons (Fsp3) is 0.321. The number of para-hydroxylation sites is 2. The molecule has 7 nitrogen and oxygen atoms in total. The maximum absolute atomic E-state index is 12.9. The number of anilines is 2. The number of methoxy groups -OCH3 is 1. The molecule has 4 aromatic rings. The number of amides is 1. The molecule has 0 spiro atoms. The summed E-state index contributed by atoms with van der Waals surface area (Å²) in [6.07, 6.45) is 1.55. The first-order valence-electron chi connectivity index (χ1n) is 12.1. The van der Waals surface area contributed by atoms with Gasteiger partial charge in [0.05, 0.1) is 18.5 Å². The van der Waals surface area contributed by atoms with E-state index in [9.17, 15) is 4.79 Å². The Morgan fingerprint density at radius 1 is 1.00 bits per heavy atom. The second-order valence-corrected chi connectivity index (χ2v) is 9.38. The molecule has 1 amide bonds. The van der Waals surface area contributed by atoms with E-state index in [2.05, 4.69) is 54.4 Å². The molecule has 0 radical (unpaired) electrons. The number of carbonyl (C=O) groups is 1. The molecule has 0 atom stereocenters. The Morgan fingerprint density at radius 2 is 1.71 bits per heavy atom. The Bertz CT molecular complexity index is 1370. The molecule has 1 aliphatic rings. The average molecular weight is 470 g/mol. The van der Waals surface area contributed by atoms with E-state index in [-0.39, 0.29) is 11.8 Å². The lowest BCUT2D eigenvalue weighted by molar-refractivity contribution is -0.120. The lowest BCUT2D eigenvalue weighted by Crippen LogP contribution is -2.39. The van der Waals surface area contributed by atoms with Gasteiger partial charge in [0, 0.05) is 42.4 Å². The number of ether oxygens (including phenoxy) is 1. The summed E-state index contributed by atoms with van der Waals surface area (Å²) in [6.45, 7) is 7.78. The summed E-state index contributed by atoms with van der Waals surface area (Å²) in [7, 11) is 1.61. The van der Waals surface area contributed by atoms with Crippen LogP contribution in [0.3, 0.4) is 0 Å². The molecule has 0 unspecified atom stereocenters. The predicted octanol–water partition coefficient (Wildman–Crippen LogP) is 5.19. The minimum Gasteiger partial charge on any atom is -0.495 e. The molecule has 3 heterocycles. The van der Waals surface area contributed by atoms with Gasteiger partial charge in [0.1, 0.15) is 11.6 Å². The number of hydrogen-bond acceptors (Lipinski definition) is 5. The summed E-state index contributed by atoms with van der Waals surface area (Å²) in [5, 5.41) is 7.97. The number of piperidine rings is 1. The Kier molecular flexibility index (Phi) is 6.16. The molecule has 5 rings (SSSR count). The molecule has 180 valence electrons. The van der Waals surface area contributed by atoms with E-state index < -0.39 is 0 Å². The summed E-state index contributed by atoms with van der Waals surface area (Å²) in [5.74, 6) is 1.69. The molecule has 0 saturated carbocycles. The number of rotatable bonds is 5. The van der Waals surface area contributed by atoms with E-state index in [0.29, 0.717) is 11.4 Å². The zero-order chi connectivity index (χ0) is 24.5. The van der Waals surface area contributed by atoms with Gasteiger partial charge in [-0.05, 0) is 57.9 Å². The molecule has 1 saturated heterocycles. The number of hydrogen-bond donors (Lipinski definition) is 1. The van der Waals surface area contributed by atoms with Gasteiger partial charge in [-0.1, -0.05) is 29.3 Å². The highest BCUT2D eigenvalue weighted by Crippen LogP contribution is 2.29. The van der Waals surface area contributed by atoms with Crippen molar-refractivity contribution in [2.24, 2.45) is 5.92 Å². The molecular formula is C28H31N5O2. The maximum Gasteiger partial charge on any atom is 0.227 e. The summed E-state index contributed by atoms with van der Waals surface area (Å²) < 4.78 is 7.31. The van der Waals surface area contributed by atoms with Crippen LogP contribution in [0, 0.1) is 26.7 Å². The third kappa shape index (κ3) is 4.71. The third-order valence-electron chi connectivity index (χ3n) is 6.61. The van der Waals surface area contributed by atoms with Gasteiger partial charge in [-0.25, -0.2) is 4.98 Å². The van der Waals surface area contributed by atoms with Crippen molar-refractivity contribution in [3.8, 4) is 17.0 Å². The highest BCUT2D eigenvalue weighted by atomic mass is 16.5. The third-order valence-corrected chi connectivity index (χ3v) is 6.61. The van der Waals surface area contributed by atoms with Crippen LogP contribution in [0.25, 0.3) is 16.9 Å². The molecule has 35 heavy (non-hydrogen) atoms. The van der Waals surface area contributed by atoms with Gasteiger partial charge in [-0.2, -0.15) is 9.61 Å². The first-order chi connectivity index (χ1) is 16.9. The minimum atomic E-state index is -0.0435. The van der Waals surface area contributed by atoms with E-state index in [1.54, 1.807) is 7.11 Å². The van der Waals surface area contributed by atoms with E-state index in [1.165, 1.54) is 11.1 Å².